The van der Waals surface area contributed by atoms with Crippen molar-refractivity contribution in [3.63, 3.8) is 0 Å². The van der Waals surface area contributed by atoms with Gasteiger partial charge in [-0.25, -0.2) is 0 Å². The second kappa shape index (κ2) is 5.86. The normalized spacial score (nSPS) is 9.69. The van der Waals surface area contributed by atoms with Gasteiger partial charge in [-0.1, -0.05) is 27.5 Å². The summed E-state index contributed by atoms with van der Waals surface area (Å²) in [6.45, 7) is 1.40. The molecule has 0 aliphatic heterocycles. The van der Waals surface area contributed by atoms with Crippen molar-refractivity contribution in [2.75, 3.05) is 16.0 Å². The fraction of sp³-hybridized carbons (Fsp3) is 0.200. The van der Waals surface area contributed by atoms with Crippen LogP contribution in [0.1, 0.15) is 6.92 Å². The molecular weight excluding hydrogens is 295 g/mol. The minimum absolute atomic E-state index is 0.164. The van der Waals surface area contributed by atoms with Crippen LogP contribution in [0.3, 0.4) is 0 Å². The Morgan fingerprint density at radius 3 is 2.56 bits per heavy atom. The third-order valence-electron chi connectivity index (χ3n) is 1.68. The van der Waals surface area contributed by atoms with Gasteiger partial charge in [0.2, 0.25) is 11.8 Å². The highest BCUT2D eigenvalue weighted by Crippen LogP contribution is 2.25. The number of amides is 2. The summed E-state index contributed by atoms with van der Waals surface area (Å²) in [5.41, 5.74) is 1.11. The maximum atomic E-state index is 11.1. The zero-order chi connectivity index (χ0) is 12.1. The van der Waals surface area contributed by atoms with E-state index < -0.39 is 0 Å². The number of anilines is 2. The van der Waals surface area contributed by atoms with Gasteiger partial charge in [-0.2, -0.15) is 0 Å². The number of benzene rings is 1. The van der Waals surface area contributed by atoms with Crippen molar-refractivity contribution in [3.8, 4) is 0 Å². The molecule has 0 atom stereocenters. The van der Waals surface area contributed by atoms with Crippen molar-refractivity contribution >= 4 is 50.7 Å². The Morgan fingerprint density at radius 2 is 2.06 bits per heavy atom. The summed E-state index contributed by atoms with van der Waals surface area (Å²) in [5, 5.41) is 5.80. The topological polar surface area (TPSA) is 58.2 Å². The Bertz CT molecular complexity index is 423. The Labute approximate surface area is 106 Å². The Morgan fingerprint density at radius 1 is 1.38 bits per heavy atom. The molecule has 0 saturated carbocycles. The fourth-order valence-electron chi connectivity index (χ4n) is 1.08. The number of halogens is 2. The van der Waals surface area contributed by atoms with Crippen molar-refractivity contribution in [2.24, 2.45) is 0 Å². The van der Waals surface area contributed by atoms with E-state index >= 15 is 0 Å². The lowest BCUT2D eigenvalue weighted by Crippen LogP contribution is -2.12. The third kappa shape index (κ3) is 3.83. The summed E-state index contributed by atoms with van der Waals surface area (Å²) in [4.78, 5) is 21.9. The number of nitrogens with one attached hydrogen (secondary N) is 2. The number of carbonyl (C=O) groups excluding carboxylic acids is 2. The predicted molar refractivity (Wildman–Crippen MR) is 68.2 cm³/mol. The highest BCUT2D eigenvalue weighted by molar-refractivity contribution is 9.09. The molecule has 6 heteroatoms. The van der Waals surface area contributed by atoms with E-state index in [0.29, 0.717) is 16.4 Å². The molecule has 0 unspecified atom stereocenters. The van der Waals surface area contributed by atoms with Gasteiger partial charge in [-0.15, -0.1) is 0 Å². The molecule has 0 aromatic heterocycles. The molecule has 0 saturated heterocycles. The highest BCUT2D eigenvalue weighted by Gasteiger charge is 2.05. The summed E-state index contributed by atoms with van der Waals surface area (Å²) in [7, 11) is 0. The number of alkyl halides is 1. The minimum atomic E-state index is -0.195. The first-order chi connectivity index (χ1) is 7.52. The van der Waals surface area contributed by atoms with Crippen molar-refractivity contribution in [1.82, 2.24) is 0 Å². The van der Waals surface area contributed by atoms with Crippen LogP contribution in [0.5, 0.6) is 0 Å². The van der Waals surface area contributed by atoms with E-state index in [0.717, 1.165) is 0 Å². The van der Waals surface area contributed by atoms with Crippen LogP contribution in [0.2, 0.25) is 5.02 Å². The first kappa shape index (κ1) is 13.0. The number of hydrogen-bond donors (Lipinski definition) is 2. The van der Waals surface area contributed by atoms with E-state index in [1.807, 2.05) is 0 Å². The second-order valence-electron chi connectivity index (χ2n) is 3.06. The maximum Gasteiger partial charge on any atom is 0.235 e. The molecule has 86 valence electrons. The lowest BCUT2D eigenvalue weighted by molar-refractivity contribution is -0.114. The van der Waals surface area contributed by atoms with Gasteiger partial charge in [0.15, 0.2) is 0 Å². The molecule has 4 nitrogen and oxygen atoms in total. The smallest absolute Gasteiger partial charge is 0.235 e. The van der Waals surface area contributed by atoms with Crippen LogP contribution in [-0.2, 0) is 9.59 Å². The first-order valence-corrected chi connectivity index (χ1v) is 5.96. The number of hydrogen-bond acceptors (Lipinski definition) is 2. The standard InChI is InChI=1S/C10H10BrClN2O2/c1-6(15)13-9-3-2-7(4-8(9)12)14-10(16)5-11/h2-4H,5H2,1H3,(H,13,15)(H,14,16). The molecule has 2 amide bonds. The lowest BCUT2D eigenvalue weighted by Gasteiger charge is -2.08. The quantitative estimate of drug-likeness (QED) is 0.843. The molecule has 0 aliphatic carbocycles. The summed E-state index contributed by atoms with van der Waals surface area (Å²) in [5.74, 6) is -0.359. The van der Waals surface area contributed by atoms with Gasteiger partial charge in [0.25, 0.3) is 0 Å². The van der Waals surface area contributed by atoms with Crippen molar-refractivity contribution in [1.29, 1.82) is 0 Å². The molecule has 0 heterocycles. The van der Waals surface area contributed by atoms with Gasteiger partial charge in [-0.3, -0.25) is 9.59 Å². The van der Waals surface area contributed by atoms with Crippen molar-refractivity contribution < 1.29 is 9.59 Å². The van der Waals surface area contributed by atoms with Gasteiger partial charge in [0.1, 0.15) is 0 Å². The molecule has 16 heavy (non-hydrogen) atoms. The van der Waals surface area contributed by atoms with Crippen LogP contribution in [0.15, 0.2) is 18.2 Å². The van der Waals surface area contributed by atoms with Crippen LogP contribution in [0.25, 0.3) is 0 Å². The summed E-state index contributed by atoms with van der Waals surface area (Å²) in [6, 6.07) is 4.87. The minimum Gasteiger partial charge on any atom is -0.325 e. The third-order valence-corrected chi connectivity index (χ3v) is 2.51. The first-order valence-electron chi connectivity index (χ1n) is 4.46. The molecule has 1 aromatic carbocycles. The van der Waals surface area contributed by atoms with Crippen LogP contribution in [0.4, 0.5) is 11.4 Å². The molecule has 0 bridgehead atoms. The monoisotopic (exact) mass is 304 g/mol. The lowest BCUT2D eigenvalue weighted by atomic mass is 10.2. The van der Waals surface area contributed by atoms with Gasteiger partial charge in [0, 0.05) is 12.6 Å². The Balaban J connectivity index is 2.82. The van der Waals surface area contributed by atoms with E-state index in [1.54, 1.807) is 18.2 Å². The predicted octanol–water partition coefficient (Wildman–Crippen LogP) is 2.63. The fourth-order valence-corrected chi connectivity index (χ4v) is 1.45. The molecule has 1 aromatic rings. The SMILES string of the molecule is CC(=O)Nc1ccc(NC(=O)CBr)cc1Cl. The van der Waals surface area contributed by atoms with Crippen molar-refractivity contribution in [3.05, 3.63) is 23.2 Å². The summed E-state index contributed by atoms with van der Waals surface area (Å²) < 4.78 is 0. The molecule has 0 spiro atoms. The van der Waals surface area contributed by atoms with Crippen LogP contribution in [0, 0.1) is 0 Å². The second-order valence-corrected chi connectivity index (χ2v) is 4.03. The average Bonchev–Trinajstić information content (AvgIpc) is 2.21. The molecule has 0 fully saturated rings. The van der Waals surface area contributed by atoms with Crippen LogP contribution in [-0.4, -0.2) is 17.1 Å². The van der Waals surface area contributed by atoms with Crippen LogP contribution >= 0.6 is 27.5 Å². The Kier molecular flexibility index (Phi) is 4.76. The highest BCUT2D eigenvalue weighted by atomic mass is 79.9. The summed E-state index contributed by atoms with van der Waals surface area (Å²) in [6.07, 6.45) is 0. The zero-order valence-corrected chi connectivity index (χ0v) is 10.9. The molecule has 0 aliphatic rings. The van der Waals surface area contributed by atoms with E-state index in [9.17, 15) is 9.59 Å². The van der Waals surface area contributed by atoms with Gasteiger partial charge < -0.3 is 10.6 Å². The number of carbonyl (C=O) groups is 2. The number of rotatable bonds is 3. The summed E-state index contributed by atoms with van der Waals surface area (Å²) >= 11 is 8.96. The van der Waals surface area contributed by atoms with E-state index in [1.165, 1.54) is 6.92 Å². The molecule has 1 rings (SSSR count). The van der Waals surface area contributed by atoms with Crippen LogP contribution < -0.4 is 10.6 Å². The average molecular weight is 306 g/mol. The van der Waals surface area contributed by atoms with E-state index in [-0.39, 0.29) is 17.1 Å². The largest absolute Gasteiger partial charge is 0.325 e. The van der Waals surface area contributed by atoms with Crippen molar-refractivity contribution in [2.45, 2.75) is 6.92 Å². The van der Waals surface area contributed by atoms with E-state index in [2.05, 4.69) is 26.6 Å². The van der Waals surface area contributed by atoms with E-state index in [4.69, 9.17) is 11.6 Å². The van der Waals surface area contributed by atoms with Gasteiger partial charge >= 0.3 is 0 Å². The zero-order valence-electron chi connectivity index (χ0n) is 8.51. The Hall–Kier alpha value is -1.07. The maximum absolute atomic E-state index is 11.1. The van der Waals surface area contributed by atoms with Gasteiger partial charge in [-0.05, 0) is 18.2 Å². The molecule has 2 N–H and O–H groups in total. The molecular formula is C10H10BrClN2O2. The molecule has 0 radical (unpaired) electrons. The van der Waals surface area contributed by atoms with Gasteiger partial charge in [0.05, 0.1) is 16.0 Å².